The second-order valence-corrected chi connectivity index (χ2v) is 7.15. The molecule has 0 unspecified atom stereocenters. The van der Waals surface area contributed by atoms with E-state index in [4.69, 9.17) is 0 Å². The number of carbonyl (C=O) groups is 2. The number of hydrogen-bond acceptors (Lipinski definition) is 3. The van der Waals surface area contributed by atoms with Gasteiger partial charge in [0, 0.05) is 42.9 Å². The van der Waals surface area contributed by atoms with Crippen LogP contribution in [0.4, 0.5) is 14.5 Å². The molecular weight excluding hydrogens is 386 g/mol. The fourth-order valence-electron chi connectivity index (χ4n) is 3.62. The minimum Gasteiger partial charge on any atom is -0.366 e. The van der Waals surface area contributed by atoms with Gasteiger partial charge in [-0.1, -0.05) is 36.4 Å². The van der Waals surface area contributed by atoms with E-state index in [1.54, 1.807) is 47.4 Å². The van der Waals surface area contributed by atoms with Gasteiger partial charge in [0.15, 0.2) is 5.78 Å². The van der Waals surface area contributed by atoms with Gasteiger partial charge in [0.2, 0.25) is 0 Å². The van der Waals surface area contributed by atoms with Crippen LogP contribution in [-0.4, -0.2) is 42.8 Å². The largest absolute Gasteiger partial charge is 0.366 e. The number of benzene rings is 3. The third-order valence-corrected chi connectivity index (χ3v) is 5.22. The van der Waals surface area contributed by atoms with Crippen LogP contribution >= 0.6 is 0 Å². The van der Waals surface area contributed by atoms with Crippen molar-refractivity contribution in [1.82, 2.24) is 4.90 Å². The van der Waals surface area contributed by atoms with Gasteiger partial charge < -0.3 is 9.80 Å². The van der Waals surface area contributed by atoms with Crippen molar-refractivity contribution in [3.63, 3.8) is 0 Å². The fraction of sp³-hybridized carbons (Fsp3) is 0.167. The van der Waals surface area contributed by atoms with E-state index in [0.29, 0.717) is 48.6 Å². The molecule has 4 rings (SSSR count). The van der Waals surface area contributed by atoms with E-state index in [-0.39, 0.29) is 11.7 Å². The molecule has 3 aromatic carbocycles. The third kappa shape index (κ3) is 4.08. The number of carbonyl (C=O) groups excluding carboxylic acids is 2. The highest BCUT2D eigenvalue weighted by molar-refractivity contribution is 6.09. The molecule has 0 saturated carbocycles. The van der Waals surface area contributed by atoms with Gasteiger partial charge in [0.1, 0.15) is 11.6 Å². The lowest BCUT2D eigenvalue weighted by Crippen LogP contribution is -2.49. The number of rotatable bonds is 4. The summed E-state index contributed by atoms with van der Waals surface area (Å²) in [6, 6.07) is 18.8. The summed E-state index contributed by atoms with van der Waals surface area (Å²) in [5, 5.41) is 0. The number of amides is 1. The molecule has 0 aliphatic carbocycles. The van der Waals surface area contributed by atoms with Gasteiger partial charge >= 0.3 is 0 Å². The van der Waals surface area contributed by atoms with Crippen LogP contribution in [0, 0.1) is 11.6 Å². The molecule has 0 spiro atoms. The quantitative estimate of drug-likeness (QED) is 0.611. The first-order valence-corrected chi connectivity index (χ1v) is 9.72. The van der Waals surface area contributed by atoms with Gasteiger partial charge in [-0.3, -0.25) is 9.59 Å². The van der Waals surface area contributed by atoms with Crippen molar-refractivity contribution in [2.45, 2.75) is 0 Å². The zero-order valence-corrected chi connectivity index (χ0v) is 16.2. The van der Waals surface area contributed by atoms with E-state index in [9.17, 15) is 18.4 Å². The predicted octanol–water partition coefficient (Wildman–Crippen LogP) is 4.16. The van der Waals surface area contributed by atoms with Crippen LogP contribution in [0.15, 0.2) is 72.8 Å². The topological polar surface area (TPSA) is 40.6 Å². The normalized spacial score (nSPS) is 13.9. The molecule has 1 aliphatic rings. The zero-order valence-electron chi connectivity index (χ0n) is 16.2. The Morgan fingerprint density at radius 1 is 0.700 bits per heavy atom. The summed E-state index contributed by atoms with van der Waals surface area (Å²) in [4.78, 5) is 28.5. The second kappa shape index (κ2) is 8.45. The van der Waals surface area contributed by atoms with E-state index in [0.717, 1.165) is 0 Å². The molecule has 152 valence electrons. The molecular formula is C24H20F2N2O2. The van der Waals surface area contributed by atoms with E-state index >= 15 is 0 Å². The van der Waals surface area contributed by atoms with Crippen LogP contribution in [-0.2, 0) is 0 Å². The average molecular weight is 406 g/mol. The molecule has 1 aliphatic heterocycles. The van der Waals surface area contributed by atoms with Crippen LogP contribution < -0.4 is 4.90 Å². The molecule has 30 heavy (non-hydrogen) atoms. The Hall–Kier alpha value is -3.54. The molecule has 0 aromatic heterocycles. The Balaban J connectivity index is 1.43. The maximum atomic E-state index is 14.8. The van der Waals surface area contributed by atoms with Crippen molar-refractivity contribution in [3.05, 3.63) is 101 Å². The van der Waals surface area contributed by atoms with E-state index in [1.807, 2.05) is 11.0 Å². The highest BCUT2D eigenvalue weighted by Crippen LogP contribution is 2.24. The number of piperazine rings is 1. The van der Waals surface area contributed by atoms with Crippen LogP contribution in [0.3, 0.4) is 0 Å². The van der Waals surface area contributed by atoms with Crippen LogP contribution in [0.25, 0.3) is 0 Å². The zero-order chi connectivity index (χ0) is 21.1. The first-order valence-electron chi connectivity index (χ1n) is 9.72. The van der Waals surface area contributed by atoms with Gasteiger partial charge in [-0.05, 0) is 36.4 Å². The maximum Gasteiger partial charge on any atom is 0.254 e. The maximum absolute atomic E-state index is 14.8. The molecule has 0 radical (unpaired) electrons. The molecule has 3 aromatic rings. The molecule has 6 heteroatoms. The summed E-state index contributed by atoms with van der Waals surface area (Å²) in [7, 11) is 0. The van der Waals surface area contributed by atoms with Crippen molar-refractivity contribution in [3.8, 4) is 0 Å². The summed E-state index contributed by atoms with van der Waals surface area (Å²) in [5.41, 5.74) is 1.51. The molecule has 1 saturated heterocycles. The summed E-state index contributed by atoms with van der Waals surface area (Å²) in [6.45, 7) is 1.70. The number of hydrogen-bond donors (Lipinski definition) is 0. The molecule has 4 nitrogen and oxygen atoms in total. The minimum atomic E-state index is -0.471. The highest BCUT2D eigenvalue weighted by atomic mass is 19.1. The van der Waals surface area contributed by atoms with Crippen LogP contribution in [0.5, 0.6) is 0 Å². The van der Waals surface area contributed by atoms with Crippen molar-refractivity contribution in [1.29, 1.82) is 0 Å². The lowest BCUT2D eigenvalue weighted by Gasteiger charge is -2.36. The lowest BCUT2D eigenvalue weighted by molar-refractivity contribution is 0.0746. The smallest absolute Gasteiger partial charge is 0.254 e. The van der Waals surface area contributed by atoms with Crippen molar-refractivity contribution >= 4 is 17.4 Å². The molecule has 0 N–H and O–H groups in total. The fourth-order valence-corrected chi connectivity index (χ4v) is 3.62. The van der Waals surface area contributed by atoms with E-state index < -0.39 is 11.6 Å². The number of nitrogens with zero attached hydrogens (tertiary/aromatic N) is 2. The molecule has 1 heterocycles. The van der Waals surface area contributed by atoms with Crippen molar-refractivity contribution < 1.29 is 18.4 Å². The monoisotopic (exact) mass is 406 g/mol. The molecule has 1 amide bonds. The molecule has 1 fully saturated rings. The lowest BCUT2D eigenvalue weighted by atomic mass is 10.0. The molecule has 0 bridgehead atoms. The Morgan fingerprint density at radius 2 is 1.40 bits per heavy atom. The summed E-state index contributed by atoms with van der Waals surface area (Å²) in [5.74, 6) is -1.39. The average Bonchev–Trinajstić information content (AvgIpc) is 2.79. The third-order valence-electron chi connectivity index (χ3n) is 5.22. The highest BCUT2D eigenvalue weighted by Gasteiger charge is 2.24. The standard InChI is InChI=1S/C24H20F2N2O2/c25-20-8-4-7-19(15-20)24(30)28-13-11-27(12-14-28)22-10-9-18(16-21(22)26)23(29)17-5-2-1-3-6-17/h1-10,15-16H,11-14H2. The minimum absolute atomic E-state index is 0.230. The summed E-state index contributed by atoms with van der Waals surface area (Å²) in [6.07, 6.45) is 0. The Kier molecular flexibility index (Phi) is 5.57. The SMILES string of the molecule is O=C(c1ccccc1)c1ccc(N2CCN(C(=O)c3cccc(F)c3)CC2)c(F)c1. The van der Waals surface area contributed by atoms with E-state index in [1.165, 1.54) is 24.3 Å². The number of ketones is 1. The van der Waals surface area contributed by atoms with Crippen LogP contribution in [0.2, 0.25) is 0 Å². The van der Waals surface area contributed by atoms with E-state index in [2.05, 4.69) is 0 Å². The van der Waals surface area contributed by atoms with Crippen molar-refractivity contribution in [2.24, 2.45) is 0 Å². The Labute approximate surface area is 173 Å². The van der Waals surface area contributed by atoms with Gasteiger partial charge in [0.25, 0.3) is 5.91 Å². The van der Waals surface area contributed by atoms with Crippen molar-refractivity contribution in [2.75, 3.05) is 31.1 Å². The summed E-state index contributed by atoms with van der Waals surface area (Å²) < 4.78 is 28.1. The first kappa shape index (κ1) is 19.8. The number of halogens is 2. The first-order chi connectivity index (χ1) is 14.5. The van der Waals surface area contributed by atoms with Gasteiger partial charge in [0.05, 0.1) is 5.69 Å². The predicted molar refractivity (Wildman–Crippen MR) is 111 cm³/mol. The van der Waals surface area contributed by atoms with Gasteiger partial charge in [-0.2, -0.15) is 0 Å². The second-order valence-electron chi connectivity index (χ2n) is 7.15. The van der Waals surface area contributed by atoms with Crippen LogP contribution in [0.1, 0.15) is 26.3 Å². The summed E-state index contributed by atoms with van der Waals surface area (Å²) >= 11 is 0. The Morgan fingerprint density at radius 3 is 2.07 bits per heavy atom. The van der Waals surface area contributed by atoms with Gasteiger partial charge in [-0.25, -0.2) is 8.78 Å². The number of anilines is 1. The Bertz CT molecular complexity index is 1080. The molecule has 0 atom stereocenters. The van der Waals surface area contributed by atoms with Gasteiger partial charge in [-0.15, -0.1) is 0 Å².